The van der Waals surface area contributed by atoms with Gasteiger partial charge in [-0.15, -0.1) is 0 Å². The molecule has 1 fully saturated rings. The van der Waals surface area contributed by atoms with Crippen LogP contribution < -0.4 is 14.4 Å². The smallest absolute Gasteiger partial charge is 0.350 e. The van der Waals surface area contributed by atoms with Crippen molar-refractivity contribution in [2.75, 3.05) is 25.2 Å². The Kier molecular flexibility index (Phi) is 8.43. The van der Waals surface area contributed by atoms with Crippen LogP contribution in [0.25, 0.3) is 5.76 Å². The zero-order valence-corrected chi connectivity index (χ0v) is 23.6. The Labute approximate surface area is 235 Å². The first kappa shape index (κ1) is 28.6. The standard InChI is InChI=1S/C29H30N2O8S/c1-6-38-28(36)26-16(4)30-29(40-26)31-23(18-9-12-20(32)21(13-18)37-5)22(25(34)27(31)35)24(33)17-7-10-19(11-8-17)39-14-15(2)3/h7-13,15,23,32-33H,6,14H2,1-5H3/b24-22+. The van der Waals surface area contributed by atoms with E-state index in [4.69, 9.17) is 14.2 Å². The number of hydrogen-bond acceptors (Lipinski definition) is 10. The van der Waals surface area contributed by atoms with E-state index in [1.165, 1.54) is 25.3 Å². The molecule has 0 spiro atoms. The minimum Gasteiger partial charge on any atom is -0.507 e. The summed E-state index contributed by atoms with van der Waals surface area (Å²) < 4.78 is 16.1. The highest BCUT2D eigenvalue weighted by molar-refractivity contribution is 7.17. The topological polar surface area (TPSA) is 135 Å². The van der Waals surface area contributed by atoms with E-state index in [-0.39, 0.29) is 33.7 Å². The molecule has 1 amide bonds. The number of anilines is 1. The number of Topliss-reactive ketones (excluding diaryl/α,β-unsaturated/α-hetero) is 1. The number of aromatic hydroxyl groups is 1. The van der Waals surface area contributed by atoms with E-state index in [1.54, 1.807) is 38.1 Å². The van der Waals surface area contributed by atoms with Gasteiger partial charge in [0.1, 0.15) is 16.4 Å². The minimum atomic E-state index is -1.13. The number of ether oxygens (including phenoxy) is 3. The first-order chi connectivity index (χ1) is 19.1. The van der Waals surface area contributed by atoms with Gasteiger partial charge in [-0.2, -0.15) is 0 Å². The van der Waals surface area contributed by atoms with E-state index in [0.717, 1.165) is 16.2 Å². The summed E-state index contributed by atoms with van der Waals surface area (Å²) >= 11 is 0.907. The molecule has 2 aromatic carbocycles. The number of ketones is 1. The second-order valence-corrected chi connectivity index (χ2v) is 10.4. The molecule has 1 aliphatic rings. The molecule has 2 N–H and O–H groups in total. The normalized spacial score (nSPS) is 16.4. The highest BCUT2D eigenvalue weighted by atomic mass is 32.1. The van der Waals surface area contributed by atoms with Crippen LogP contribution in [0.5, 0.6) is 17.2 Å². The molecule has 1 unspecified atom stereocenters. The number of carbonyl (C=O) groups is 3. The van der Waals surface area contributed by atoms with Crippen molar-refractivity contribution in [3.63, 3.8) is 0 Å². The van der Waals surface area contributed by atoms with Crippen LogP contribution in [0.2, 0.25) is 0 Å². The summed E-state index contributed by atoms with van der Waals surface area (Å²) in [5.41, 5.74) is 0.824. The van der Waals surface area contributed by atoms with Crippen molar-refractivity contribution in [1.82, 2.24) is 4.98 Å². The lowest BCUT2D eigenvalue weighted by atomic mass is 9.95. The molecular formula is C29H30N2O8S. The van der Waals surface area contributed by atoms with Crippen LogP contribution in [0.3, 0.4) is 0 Å². The number of phenolic OH excluding ortho intramolecular Hbond substituents is 1. The summed E-state index contributed by atoms with van der Waals surface area (Å²) in [6, 6.07) is 9.76. The number of esters is 1. The second-order valence-electron chi connectivity index (χ2n) is 9.46. The Hall–Kier alpha value is -4.38. The fourth-order valence-corrected chi connectivity index (χ4v) is 5.20. The molecule has 0 radical (unpaired) electrons. The number of thiazole rings is 1. The third-order valence-corrected chi connectivity index (χ3v) is 7.26. The summed E-state index contributed by atoms with van der Waals surface area (Å²) in [7, 11) is 1.37. The number of hydrogen-bond donors (Lipinski definition) is 2. The van der Waals surface area contributed by atoms with Gasteiger partial charge in [0.2, 0.25) is 0 Å². The summed E-state index contributed by atoms with van der Waals surface area (Å²) in [6.45, 7) is 8.00. The maximum Gasteiger partial charge on any atom is 0.350 e. The number of carbonyl (C=O) groups excluding carboxylic acids is 3. The molecule has 1 aliphatic heterocycles. The SMILES string of the molecule is CCOC(=O)c1sc(N2C(=O)C(=O)/C(=C(/O)c3ccc(OCC(C)C)cc3)C2c2ccc(O)c(OC)c2)nc1C. The van der Waals surface area contributed by atoms with Crippen LogP contribution >= 0.6 is 11.3 Å². The molecule has 1 aromatic heterocycles. The Bertz CT molecular complexity index is 1480. The van der Waals surface area contributed by atoms with E-state index in [0.29, 0.717) is 35.1 Å². The van der Waals surface area contributed by atoms with E-state index in [2.05, 4.69) is 4.98 Å². The van der Waals surface area contributed by atoms with Crippen molar-refractivity contribution >= 4 is 39.9 Å². The molecule has 40 heavy (non-hydrogen) atoms. The maximum absolute atomic E-state index is 13.5. The van der Waals surface area contributed by atoms with Gasteiger partial charge in [0, 0.05) is 5.56 Å². The van der Waals surface area contributed by atoms with Gasteiger partial charge < -0.3 is 24.4 Å². The molecule has 0 saturated carbocycles. The van der Waals surface area contributed by atoms with Crippen molar-refractivity contribution in [3.05, 3.63) is 69.7 Å². The molecule has 0 aliphatic carbocycles. The number of phenols is 1. The van der Waals surface area contributed by atoms with Crippen LogP contribution in [-0.2, 0) is 14.3 Å². The molecule has 11 heteroatoms. The van der Waals surface area contributed by atoms with Gasteiger partial charge >= 0.3 is 11.9 Å². The van der Waals surface area contributed by atoms with Gasteiger partial charge in [-0.25, -0.2) is 9.78 Å². The monoisotopic (exact) mass is 566 g/mol. The highest BCUT2D eigenvalue weighted by Gasteiger charge is 2.48. The fraction of sp³-hybridized carbons (Fsp3) is 0.310. The van der Waals surface area contributed by atoms with Gasteiger partial charge in [-0.1, -0.05) is 31.3 Å². The number of amides is 1. The Balaban J connectivity index is 1.86. The molecule has 10 nitrogen and oxygen atoms in total. The number of rotatable bonds is 9. The van der Waals surface area contributed by atoms with Crippen molar-refractivity contribution in [2.24, 2.45) is 5.92 Å². The maximum atomic E-state index is 13.5. The number of aryl methyl sites for hydroxylation is 1. The fourth-order valence-electron chi connectivity index (χ4n) is 4.21. The molecule has 3 aromatic rings. The first-order valence-electron chi connectivity index (χ1n) is 12.6. The largest absolute Gasteiger partial charge is 0.507 e. The average Bonchev–Trinajstić information content (AvgIpc) is 3.44. The Morgan fingerprint density at radius 2 is 1.85 bits per heavy atom. The van der Waals surface area contributed by atoms with Crippen LogP contribution in [0.1, 0.15) is 53.3 Å². The molecule has 4 rings (SSSR count). The first-order valence-corrected chi connectivity index (χ1v) is 13.4. The molecule has 1 atom stereocenters. The van der Waals surface area contributed by atoms with Gasteiger partial charge in [-0.3, -0.25) is 14.5 Å². The lowest BCUT2D eigenvalue weighted by molar-refractivity contribution is -0.132. The second kappa shape index (κ2) is 11.8. The minimum absolute atomic E-state index is 0.0798. The Morgan fingerprint density at radius 1 is 1.15 bits per heavy atom. The van der Waals surface area contributed by atoms with Crippen LogP contribution in [0.4, 0.5) is 5.13 Å². The van der Waals surface area contributed by atoms with E-state index >= 15 is 0 Å². The number of aromatic nitrogens is 1. The Morgan fingerprint density at radius 3 is 2.48 bits per heavy atom. The summed E-state index contributed by atoms with van der Waals surface area (Å²) in [6.07, 6.45) is 0. The van der Waals surface area contributed by atoms with Crippen molar-refractivity contribution < 1.29 is 38.8 Å². The van der Waals surface area contributed by atoms with Gasteiger partial charge in [0.25, 0.3) is 5.78 Å². The number of nitrogens with zero attached hydrogens (tertiary/aromatic N) is 2. The van der Waals surface area contributed by atoms with Crippen molar-refractivity contribution in [1.29, 1.82) is 0 Å². The number of aliphatic hydroxyl groups is 1. The average molecular weight is 567 g/mol. The zero-order valence-electron chi connectivity index (χ0n) is 22.8. The predicted octanol–water partition coefficient (Wildman–Crippen LogP) is 5.00. The van der Waals surface area contributed by atoms with Crippen LogP contribution in [0.15, 0.2) is 48.0 Å². The predicted molar refractivity (Wildman–Crippen MR) is 149 cm³/mol. The van der Waals surface area contributed by atoms with Gasteiger partial charge in [0.05, 0.1) is 37.6 Å². The lowest BCUT2D eigenvalue weighted by Gasteiger charge is -2.23. The van der Waals surface area contributed by atoms with Crippen LogP contribution in [-0.4, -0.2) is 53.2 Å². The number of benzene rings is 2. The number of aliphatic hydroxyl groups excluding tert-OH is 1. The van der Waals surface area contributed by atoms with E-state index in [9.17, 15) is 24.6 Å². The quantitative estimate of drug-likeness (QED) is 0.159. The van der Waals surface area contributed by atoms with Crippen molar-refractivity contribution in [2.45, 2.75) is 33.7 Å². The molecule has 210 valence electrons. The van der Waals surface area contributed by atoms with E-state index in [1.807, 2.05) is 13.8 Å². The molecule has 1 saturated heterocycles. The molecule has 2 heterocycles. The van der Waals surface area contributed by atoms with Crippen LogP contribution in [0, 0.1) is 12.8 Å². The van der Waals surface area contributed by atoms with E-state index < -0.39 is 29.5 Å². The number of methoxy groups -OCH3 is 1. The third kappa shape index (κ3) is 5.50. The van der Waals surface area contributed by atoms with Gasteiger partial charge in [-0.05, 0) is 61.7 Å². The van der Waals surface area contributed by atoms with Gasteiger partial charge in [0.15, 0.2) is 16.6 Å². The molecular weight excluding hydrogens is 536 g/mol. The summed E-state index contributed by atoms with van der Waals surface area (Å²) in [4.78, 5) is 45.1. The third-order valence-electron chi connectivity index (χ3n) is 6.13. The lowest BCUT2D eigenvalue weighted by Crippen LogP contribution is -2.29. The van der Waals surface area contributed by atoms with Crippen molar-refractivity contribution in [3.8, 4) is 17.2 Å². The highest BCUT2D eigenvalue weighted by Crippen LogP contribution is 2.45. The zero-order chi connectivity index (χ0) is 29.1. The summed E-state index contributed by atoms with van der Waals surface area (Å²) in [5, 5.41) is 21.6. The summed E-state index contributed by atoms with van der Waals surface area (Å²) in [5.74, 6) is -1.97. The molecule has 0 bridgehead atoms.